The molecule has 2 bridgehead atoms. The van der Waals surface area contributed by atoms with Gasteiger partial charge < -0.3 is 33.9 Å². The molecule has 204 valence electrons. The lowest BCUT2D eigenvalue weighted by atomic mass is 9.51. The highest BCUT2D eigenvalue weighted by atomic mass is 16.6. The van der Waals surface area contributed by atoms with Crippen molar-refractivity contribution in [3.8, 4) is 11.5 Å². The van der Waals surface area contributed by atoms with Crippen molar-refractivity contribution in [2.45, 2.75) is 62.6 Å². The summed E-state index contributed by atoms with van der Waals surface area (Å²) < 4.78 is 27.4. The van der Waals surface area contributed by atoms with Crippen molar-refractivity contribution < 1.29 is 53.1 Å². The fourth-order valence-corrected chi connectivity index (χ4v) is 6.60. The fourth-order valence-electron chi connectivity index (χ4n) is 6.60. The highest BCUT2D eigenvalue weighted by Crippen LogP contribution is 2.65. The number of aliphatic hydroxyl groups is 1. The number of piperidine rings is 1. The minimum absolute atomic E-state index is 0.0911. The number of methoxy groups -OCH3 is 1. The van der Waals surface area contributed by atoms with Gasteiger partial charge in [-0.3, -0.25) is 14.5 Å². The van der Waals surface area contributed by atoms with Gasteiger partial charge in [0.2, 0.25) is 12.2 Å². The van der Waals surface area contributed by atoms with E-state index in [2.05, 4.69) is 0 Å². The molecule has 0 unspecified atom stereocenters. The molecule has 12 nitrogen and oxygen atoms in total. The largest absolute Gasteiger partial charge is 0.493 e. The number of hydrogen-bond donors (Lipinski definition) is 2. The van der Waals surface area contributed by atoms with Crippen molar-refractivity contribution in [1.82, 2.24) is 4.90 Å². The lowest BCUT2D eigenvalue weighted by molar-refractivity contribution is -0.206. The molecule has 2 N–H and O–H groups in total. The van der Waals surface area contributed by atoms with Crippen LogP contribution in [0.5, 0.6) is 11.5 Å². The van der Waals surface area contributed by atoms with E-state index in [0.717, 1.165) is 25.0 Å². The van der Waals surface area contributed by atoms with E-state index in [9.17, 15) is 29.4 Å². The van der Waals surface area contributed by atoms with Crippen LogP contribution in [0, 0.1) is 5.92 Å². The molecule has 38 heavy (non-hydrogen) atoms. The number of benzene rings is 1. The first kappa shape index (κ1) is 26.0. The Morgan fingerprint density at radius 1 is 1.13 bits per heavy atom. The Balaban J connectivity index is 1.55. The van der Waals surface area contributed by atoms with Gasteiger partial charge in [0.15, 0.2) is 17.6 Å². The molecule has 5 rings (SSSR count). The molecule has 1 aromatic carbocycles. The molecular formula is C26H29NO11. The second-order valence-corrected chi connectivity index (χ2v) is 10.1. The second-order valence-electron chi connectivity index (χ2n) is 10.1. The summed E-state index contributed by atoms with van der Waals surface area (Å²) in [5.74, 6) is -4.06. The van der Waals surface area contributed by atoms with Crippen LogP contribution in [0.25, 0.3) is 0 Å². The molecule has 0 radical (unpaired) electrons. The summed E-state index contributed by atoms with van der Waals surface area (Å²) in [6.45, 7) is 2.50. The Labute approximate surface area is 218 Å². The van der Waals surface area contributed by atoms with Crippen LogP contribution in [0.2, 0.25) is 0 Å². The molecule has 0 saturated carbocycles. The minimum Gasteiger partial charge on any atom is -0.493 e. The lowest BCUT2D eigenvalue weighted by Crippen LogP contribution is -2.70. The number of carboxylic acid groups (broad SMARTS) is 1. The van der Waals surface area contributed by atoms with Gasteiger partial charge in [-0.1, -0.05) is 6.07 Å². The maximum atomic E-state index is 13.3. The predicted molar refractivity (Wildman–Crippen MR) is 126 cm³/mol. The first-order valence-electron chi connectivity index (χ1n) is 12.2. The Morgan fingerprint density at radius 3 is 2.45 bits per heavy atom. The van der Waals surface area contributed by atoms with Gasteiger partial charge in [0.25, 0.3) is 0 Å². The van der Waals surface area contributed by atoms with Crippen LogP contribution in [0.4, 0.5) is 0 Å². The number of ether oxygens (including phenoxy) is 5. The van der Waals surface area contributed by atoms with Crippen LogP contribution in [-0.4, -0.2) is 83.7 Å². The Hall–Kier alpha value is -3.64. The fraction of sp³-hybridized carbons (Fsp3) is 0.538. The zero-order chi connectivity index (χ0) is 27.6. The number of rotatable bonds is 7. The van der Waals surface area contributed by atoms with E-state index in [1.165, 1.54) is 7.11 Å². The van der Waals surface area contributed by atoms with Gasteiger partial charge in [0, 0.05) is 38.3 Å². The number of aliphatic carboxylic acids is 1. The number of likely N-dealkylation sites (tertiary alicyclic amines) is 1. The van der Waals surface area contributed by atoms with Crippen molar-refractivity contribution in [3.05, 3.63) is 35.1 Å². The summed E-state index contributed by atoms with van der Waals surface area (Å²) in [7, 11) is 3.39. The molecule has 2 aliphatic carbocycles. The summed E-state index contributed by atoms with van der Waals surface area (Å²) in [6.07, 6.45) is -2.07. The van der Waals surface area contributed by atoms with E-state index in [4.69, 9.17) is 23.7 Å². The van der Waals surface area contributed by atoms with Gasteiger partial charge in [0.1, 0.15) is 11.5 Å². The number of hydrogen-bond acceptors (Lipinski definition) is 11. The zero-order valence-electron chi connectivity index (χ0n) is 21.4. The first-order valence-corrected chi connectivity index (χ1v) is 12.2. The van der Waals surface area contributed by atoms with E-state index in [-0.39, 0.29) is 11.7 Å². The van der Waals surface area contributed by atoms with E-state index >= 15 is 0 Å². The average molecular weight is 532 g/mol. The molecule has 4 aliphatic rings. The molecule has 1 saturated heterocycles. The zero-order valence-corrected chi connectivity index (χ0v) is 21.4. The van der Waals surface area contributed by atoms with E-state index in [0.29, 0.717) is 37.3 Å². The maximum absolute atomic E-state index is 13.3. The summed E-state index contributed by atoms with van der Waals surface area (Å²) in [5, 5.41) is 21.4. The average Bonchev–Trinajstić information content (AvgIpc) is 3.20. The van der Waals surface area contributed by atoms with Crippen molar-refractivity contribution in [2.75, 3.05) is 20.7 Å². The van der Waals surface area contributed by atoms with E-state index in [1.54, 1.807) is 12.1 Å². The standard InChI is InChI=1S/C26H29NO11/c1-12(28)35-20(23(30)31)21(36-13(2)29)24(32)37-16-7-8-17-25-9-10-27(3)26(17,33)11-14-5-6-15(34-4)19(18(14)25)38-22(16)25/h5-7,17,20-22,33H,8-11H2,1-4H3,(H,30,31)/t17-,20-,21-,22-,25-,26+/m0/s1. The molecule has 6 atom stereocenters. The monoisotopic (exact) mass is 531 g/mol. The van der Waals surface area contributed by atoms with Crippen molar-refractivity contribution >= 4 is 23.9 Å². The highest BCUT2D eigenvalue weighted by Gasteiger charge is 2.69. The third-order valence-electron chi connectivity index (χ3n) is 8.12. The predicted octanol–water partition coefficient (Wildman–Crippen LogP) is 0.669. The molecule has 12 heteroatoms. The molecule has 0 amide bonds. The van der Waals surface area contributed by atoms with Crippen molar-refractivity contribution in [2.24, 2.45) is 5.92 Å². The highest BCUT2D eigenvalue weighted by molar-refractivity contribution is 5.88. The summed E-state index contributed by atoms with van der Waals surface area (Å²) in [6, 6.07) is 3.67. The van der Waals surface area contributed by atoms with Gasteiger partial charge >= 0.3 is 23.9 Å². The van der Waals surface area contributed by atoms with Crippen molar-refractivity contribution in [1.29, 1.82) is 0 Å². The second kappa shape index (κ2) is 8.98. The number of carbonyl (C=O) groups excluding carboxylic acids is 3. The van der Waals surface area contributed by atoms with Gasteiger partial charge in [0.05, 0.1) is 12.5 Å². The Bertz CT molecular complexity index is 1260. The van der Waals surface area contributed by atoms with Crippen LogP contribution in [-0.2, 0) is 45.2 Å². The number of allylic oxidation sites excluding steroid dienone is 1. The SMILES string of the molecule is COc1ccc2c3c1O[C@H]1C(OC(=O)[C@@H](OC(C)=O)[C@H](OC(C)=O)C(=O)O)=CC[C@H]4[C@@]31CCN(C)[C@@]4(O)C2. The third kappa shape index (κ3) is 3.65. The lowest BCUT2D eigenvalue weighted by Gasteiger charge is -2.60. The van der Waals surface area contributed by atoms with Crippen LogP contribution in [0.3, 0.4) is 0 Å². The Kier molecular flexibility index (Phi) is 6.14. The first-order chi connectivity index (χ1) is 17.9. The number of carbonyl (C=O) groups is 4. The smallest absolute Gasteiger partial charge is 0.357 e. The molecule has 2 heterocycles. The molecular weight excluding hydrogens is 502 g/mol. The molecule has 2 aliphatic heterocycles. The van der Waals surface area contributed by atoms with Crippen LogP contribution < -0.4 is 9.47 Å². The number of carboxylic acids is 1. The summed E-state index contributed by atoms with van der Waals surface area (Å²) in [5.41, 5.74) is -0.104. The molecule has 1 fully saturated rings. The quantitative estimate of drug-likeness (QED) is 0.375. The van der Waals surface area contributed by atoms with Crippen LogP contribution >= 0.6 is 0 Å². The van der Waals surface area contributed by atoms with Crippen LogP contribution in [0.1, 0.15) is 37.8 Å². The number of nitrogens with zero attached hydrogens (tertiary/aromatic N) is 1. The van der Waals surface area contributed by atoms with Crippen molar-refractivity contribution in [3.63, 3.8) is 0 Å². The van der Waals surface area contributed by atoms with Gasteiger partial charge in [-0.25, -0.2) is 9.59 Å². The summed E-state index contributed by atoms with van der Waals surface area (Å²) >= 11 is 0. The normalized spacial score (nSPS) is 30.1. The molecule has 1 aromatic rings. The van der Waals surface area contributed by atoms with Gasteiger partial charge in [-0.15, -0.1) is 0 Å². The Morgan fingerprint density at radius 2 is 1.82 bits per heavy atom. The topological polar surface area (TPSA) is 158 Å². The van der Waals surface area contributed by atoms with E-state index < -0.39 is 53.3 Å². The third-order valence-corrected chi connectivity index (χ3v) is 8.12. The van der Waals surface area contributed by atoms with E-state index in [1.807, 2.05) is 18.0 Å². The minimum atomic E-state index is -2.12. The number of likely N-dealkylation sites (N-methyl/N-ethyl adjacent to an activating group) is 1. The van der Waals surface area contributed by atoms with Crippen LogP contribution in [0.15, 0.2) is 24.0 Å². The molecule has 1 spiro atoms. The summed E-state index contributed by atoms with van der Waals surface area (Å²) in [4.78, 5) is 50.2. The maximum Gasteiger partial charge on any atom is 0.357 e. The van der Waals surface area contributed by atoms with Gasteiger partial charge in [-0.2, -0.15) is 0 Å². The van der Waals surface area contributed by atoms with Gasteiger partial charge in [-0.05, 0) is 37.6 Å². The molecule has 0 aromatic heterocycles. The number of esters is 3.